The number of amides is 1. The number of carbonyl (C=O) groups excluding carboxylic acids is 1. The second-order valence-electron chi connectivity index (χ2n) is 6.60. The first-order valence-electron chi connectivity index (χ1n) is 8.97. The highest BCUT2D eigenvalue weighted by atomic mass is 79.9. The first kappa shape index (κ1) is 20.1. The molecule has 4 nitrogen and oxygen atoms in total. The van der Waals surface area contributed by atoms with E-state index in [-0.39, 0.29) is 12.5 Å². The molecule has 0 aliphatic carbocycles. The number of halogens is 1. The Kier molecular flexibility index (Phi) is 6.85. The van der Waals surface area contributed by atoms with Gasteiger partial charge in [0, 0.05) is 10.0 Å². The van der Waals surface area contributed by atoms with Crippen molar-refractivity contribution in [2.75, 3.05) is 0 Å². The largest absolute Gasteiger partial charge is 0.489 e. The van der Waals surface area contributed by atoms with E-state index < -0.39 is 0 Å². The van der Waals surface area contributed by atoms with Crippen molar-refractivity contribution in [2.45, 2.75) is 27.1 Å². The average molecular weight is 440 g/mol. The normalized spacial score (nSPS) is 10.5. The Morgan fingerprint density at radius 3 is 2.21 bits per heavy atom. The van der Waals surface area contributed by atoms with Crippen LogP contribution in [-0.4, -0.2) is 5.91 Å². The molecule has 0 unspecified atom stereocenters. The molecule has 0 heterocycles. The van der Waals surface area contributed by atoms with Gasteiger partial charge in [-0.15, -0.1) is 0 Å². The predicted molar refractivity (Wildman–Crippen MR) is 113 cm³/mol. The fraction of sp³-hybridized carbons (Fsp3) is 0.174. The van der Waals surface area contributed by atoms with Gasteiger partial charge in [0.25, 0.3) is 5.91 Å². The lowest BCUT2D eigenvalue weighted by Gasteiger charge is -2.09. The molecule has 0 atom stereocenters. The number of ether oxygens (including phenoxy) is 1. The summed E-state index contributed by atoms with van der Waals surface area (Å²) in [6.45, 7) is 4.80. The van der Waals surface area contributed by atoms with Gasteiger partial charge in [0.2, 0.25) is 0 Å². The van der Waals surface area contributed by atoms with Crippen LogP contribution in [0.2, 0.25) is 0 Å². The fourth-order valence-electron chi connectivity index (χ4n) is 2.56. The molecule has 3 aromatic rings. The number of hydroxylamine groups is 1. The minimum atomic E-state index is -0.270. The van der Waals surface area contributed by atoms with Crippen LogP contribution in [0.15, 0.2) is 71.2 Å². The van der Waals surface area contributed by atoms with Gasteiger partial charge in [0.05, 0.1) is 6.61 Å². The summed E-state index contributed by atoms with van der Waals surface area (Å²) in [5.74, 6) is 0.521. The van der Waals surface area contributed by atoms with Crippen LogP contribution in [0.5, 0.6) is 5.75 Å². The summed E-state index contributed by atoms with van der Waals surface area (Å²) in [6.07, 6.45) is 0. The topological polar surface area (TPSA) is 47.6 Å². The van der Waals surface area contributed by atoms with Crippen molar-refractivity contribution in [1.29, 1.82) is 0 Å². The fourth-order valence-corrected chi connectivity index (χ4v) is 2.81. The van der Waals surface area contributed by atoms with Gasteiger partial charge < -0.3 is 4.74 Å². The van der Waals surface area contributed by atoms with Crippen LogP contribution in [-0.2, 0) is 18.1 Å². The summed E-state index contributed by atoms with van der Waals surface area (Å²) < 4.78 is 6.76. The van der Waals surface area contributed by atoms with Gasteiger partial charge in [-0.25, -0.2) is 5.48 Å². The number of rotatable bonds is 7. The third-order valence-electron chi connectivity index (χ3n) is 4.27. The van der Waals surface area contributed by atoms with Gasteiger partial charge in [0.1, 0.15) is 12.4 Å². The Hall–Kier alpha value is -2.63. The molecule has 1 amide bonds. The number of nitrogens with one attached hydrogen (secondary N) is 1. The zero-order valence-electron chi connectivity index (χ0n) is 15.9. The van der Waals surface area contributed by atoms with Crippen LogP contribution >= 0.6 is 15.9 Å². The van der Waals surface area contributed by atoms with E-state index in [9.17, 15) is 4.79 Å². The smallest absolute Gasteiger partial charge is 0.274 e. The highest BCUT2D eigenvalue weighted by Gasteiger charge is 2.07. The van der Waals surface area contributed by atoms with Gasteiger partial charge in [-0.1, -0.05) is 57.9 Å². The van der Waals surface area contributed by atoms with E-state index in [2.05, 4.69) is 52.6 Å². The molecule has 0 radical (unpaired) electrons. The molecule has 0 saturated heterocycles. The van der Waals surface area contributed by atoms with Crippen molar-refractivity contribution in [3.8, 4) is 5.75 Å². The summed E-state index contributed by atoms with van der Waals surface area (Å²) in [4.78, 5) is 17.5. The summed E-state index contributed by atoms with van der Waals surface area (Å²) in [6, 6.07) is 21.3. The van der Waals surface area contributed by atoms with Crippen molar-refractivity contribution >= 4 is 21.8 Å². The second kappa shape index (κ2) is 9.53. The lowest BCUT2D eigenvalue weighted by atomic mass is 10.1. The zero-order valence-corrected chi connectivity index (χ0v) is 17.5. The van der Waals surface area contributed by atoms with Crippen molar-refractivity contribution < 1.29 is 14.4 Å². The van der Waals surface area contributed by atoms with Gasteiger partial charge in [-0.3, -0.25) is 9.63 Å². The summed E-state index contributed by atoms with van der Waals surface area (Å²) >= 11 is 3.42. The number of hydrogen-bond donors (Lipinski definition) is 1. The Bertz CT molecular complexity index is 937. The third kappa shape index (κ3) is 5.68. The molecule has 0 aliphatic heterocycles. The quantitative estimate of drug-likeness (QED) is 0.493. The molecule has 0 spiro atoms. The molecular weight excluding hydrogens is 418 g/mol. The average Bonchev–Trinajstić information content (AvgIpc) is 2.70. The van der Waals surface area contributed by atoms with Crippen LogP contribution in [0.25, 0.3) is 0 Å². The van der Waals surface area contributed by atoms with Crippen LogP contribution in [0.3, 0.4) is 0 Å². The molecule has 1 N–H and O–H groups in total. The number of aryl methyl sites for hydroxylation is 2. The molecule has 0 saturated carbocycles. The van der Waals surface area contributed by atoms with Gasteiger partial charge >= 0.3 is 0 Å². The third-order valence-corrected chi connectivity index (χ3v) is 5.16. The second-order valence-corrected chi connectivity index (χ2v) is 7.46. The lowest BCUT2D eigenvalue weighted by molar-refractivity contribution is 0.0233. The van der Waals surface area contributed by atoms with Gasteiger partial charge in [0.15, 0.2) is 0 Å². The van der Waals surface area contributed by atoms with Crippen LogP contribution < -0.4 is 10.2 Å². The number of carbonyl (C=O) groups is 1. The molecule has 144 valence electrons. The monoisotopic (exact) mass is 439 g/mol. The molecule has 0 bridgehead atoms. The molecule has 3 rings (SSSR count). The first-order valence-corrected chi connectivity index (χ1v) is 9.76. The molecule has 28 heavy (non-hydrogen) atoms. The summed E-state index contributed by atoms with van der Waals surface area (Å²) in [5, 5.41) is 0. The molecule has 0 aliphatic rings. The minimum Gasteiger partial charge on any atom is -0.489 e. The minimum absolute atomic E-state index is 0.270. The highest BCUT2D eigenvalue weighted by molar-refractivity contribution is 9.10. The van der Waals surface area contributed by atoms with E-state index in [0.29, 0.717) is 12.2 Å². The van der Waals surface area contributed by atoms with E-state index in [1.54, 1.807) is 6.07 Å². The highest BCUT2D eigenvalue weighted by Crippen LogP contribution is 2.17. The maximum Gasteiger partial charge on any atom is 0.274 e. The number of hydrogen-bond acceptors (Lipinski definition) is 3. The maximum absolute atomic E-state index is 12.1. The Balaban J connectivity index is 1.45. The van der Waals surface area contributed by atoms with Crippen LogP contribution in [0.4, 0.5) is 0 Å². The number of benzene rings is 3. The summed E-state index contributed by atoms with van der Waals surface area (Å²) in [5.41, 5.74) is 7.33. The molecule has 0 fully saturated rings. The Labute approximate surface area is 173 Å². The van der Waals surface area contributed by atoms with Crippen molar-refractivity contribution in [3.63, 3.8) is 0 Å². The summed E-state index contributed by atoms with van der Waals surface area (Å²) in [7, 11) is 0. The van der Waals surface area contributed by atoms with Crippen molar-refractivity contribution in [3.05, 3.63) is 99.0 Å². The van der Waals surface area contributed by atoms with Crippen molar-refractivity contribution in [2.24, 2.45) is 0 Å². The van der Waals surface area contributed by atoms with Gasteiger partial charge in [-0.05, 0) is 60.9 Å². The van der Waals surface area contributed by atoms with Crippen LogP contribution in [0.1, 0.15) is 32.6 Å². The van der Waals surface area contributed by atoms with E-state index >= 15 is 0 Å². The Morgan fingerprint density at radius 2 is 1.54 bits per heavy atom. The molecular formula is C23H22BrNO3. The van der Waals surface area contributed by atoms with Crippen LogP contribution in [0, 0.1) is 13.8 Å². The van der Waals surface area contributed by atoms with E-state index in [4.69, 9.17) is 9.57 Å². The van der Waals surface area contributed by atoms with Gasteiger partial charge in [-0.2, -0.15) is 0 Å². The predicted octanol–water partition coefficient (Wildman–Crippen LogP) is 5.51. The molecule has 5 heteroatoms. The molecule has 0 aromatic heterocycles. The SMILES string of the molecule is Cc1ccc(COc2ccc(CONC(=O)c3ccc(Br)c(C)c3)cc2)cc1. The van der Waals surface area contributed by atoms with E-state index in [0.717, 1.165) is 26.9 Å². The first-order chi connectivity index (χ1) is 13.5. The van der Waals surface area contributed by atoms with Crippen molar-refractivity contribution in [1.82, 2.24) is 5.48 Å². The van der Waals surface area contributed by atoms with E-state index in [1.807, 2.05) is 43.3 Å². The zero-order chi connectivity index (χ0) is 19.9. The van der Waals surface area contributed by atoms with E-state index in [1.165, 1.54) is 5.56 Å². The Morgan fingerprint density at radius 1 is 0.893 bits per heavy atom. The molecule has 3 aromatic carbocycles. The maximum atomic E-state index is 12.1. The standard InChI is InChI=1S/C23H22BrNO3/c1-16-3-5-18(6-4-16)14-27-21-10-7-19(8-11-21)15-28-25-23(26)20-9-12-22(24)17(2)13-20/h3-13H,14-15H2,1-2H3,(H,25,26). The lowest BCUT2D eigenvalue weighted by Crippen LogP contribution is -2.23.